The highest BCUT2D eigenvalue weighted by atomic mass is 16.6. The minimum Gasteiger partial charge on any atom is -0.444 e. The summed E-state index contributed by atoms with van der Waals surface area (Å²) in [6, 6.07) is 9.85. The molecule has 0 spiro atoms. The van der Waals surface area contributed by atoms with Crippen molar-refractivity contribution >= 4 is 23.4 Å². The highest BCUT2D eigenvalue weighted by Crippen LogP contribution is 2.26. The van der Waals surface area contributed by atoms with E-state index in [1.807, 2.05) is 58.2 Å². The summed E-state index contributed by atoms with van der Waals surface area (Å²) in [7, 11) is 0. The molecule has 2 aromatic rings. The molecule has 3 rings (SSSR count). The van der Waals surface area contributed by atoms with Gasteiger partial charge in [-0.3, -0.25) is 20.1 Å². The van der Waals surface area contributed by atoms with Crippen LogP contribution in [0.15, 0.2) is 49.2 Å². The van der Waals surface area contributed by atoms with Gasteiger partial charge in [0.1, 0.15) is 11.3 Å². The molecule has 1 aromatic heterocycles. The lowest BCUT2D eigenvalue weighted by Gasteiger charge is -2.33. The molecule has 186 valence electrons. The van der Waals surface area contributed by atoms with E-state index in [-0.39, 0.29) is 11.8 Å². The second kappa shape index (κ2) is 11.3. The Balaban J connectivity index is 1.78. The summed E-state index contributed by atoms with van der Waals surface area (Å²) < 4.78 is 5.41. The van der Waals surface area contributed by atoms with E-state index in [9.17, 15) is 9.59 Å². The molecule has 35 heavy (non-hydrogen) atoms. The Kier molecular flexibility index (Phi) is 8.40. The molecular formula is C27H35N5O3. The van der Waals surface area contributed by atoms with Crippen LogP contribution in [0.1, 0.15) is 44.9 Å². The number of hydrogen-bond acceptors (Lipinski definition) is 6. The van der Waals surface area contributed by atoms with Crippen molar-refractivity contribution in [2.24, 2.45) is 0 Å². The van der Waals surface area contributed by atoms with Crippen LogP contribution in [-0.4, -0.2) is 52.3 Å². The fourth-order valence-electron chi connectivity index (χ4n) is 4.00. The Morgan fingerprint density at radius 2 is 2.03 bits per heavy atom. The van der Waals surface area contributed by atoms with Crippen molar-refractivity contribution in [3.63, 3.8) is 0 Å². The van der Waals surface area contributed by atoms with Crippen LogP contribution in [0.2, 0.25) is 0 Å². The zero-order valence-electron chi connectivity index (χ0n) is 21.0. The van der Waals surface area contributed by atoms with Crippen LogP contribution in [0, 0.1) is 12.3 Å². The highest BCUT2D eigenvalue weighted by Gasteiger charge is 2.24. The standard InChI is InChI=1S/C27H35N5O3/c1-6-24(28)25(33)30-23-13-19(12-21(14-23)20-10-9-18(2)29-15-20)16-32-11-7-8-22(17-32)31-26(34)35-27(3,4)5/h6,9-10,12-15,22,28H,1,7-8,11,16-17H2,2-5H3,(H,30,33)(H,31,34)/t22-/m0/s1. The van der Waals surface area contributed by atoms with Crippen molar-refractivity contribution in [2.45, 2.75) is 58.7 Å². The van der Waals surface area contributed by atoms with E-state index in [1.54, 1.807) is 0 Å². The van der Waals surface area contributed by atoms with Crippen molar-refractivity contribution in [1.29, 1.82) is 5.41 Å². The molecule has 0 unspecified atom stereocenters. The maximum Gasteiger partial charge on any atom is 0.407 e. The summed E-state index contributed by atoms with van der Waals surface area (Å²) in [5, 5.41) is 13.5. The lowest BCUT2D eigenvalue weighted by Crippen LogP contribution is -2.48. The van der Waals surface area contributed by atoms with Crippen LogP contribution < -0.4 is 10.6 Å². The first-order valence-electron chi connectivity index (χ1n) is 11.8. The van der Waals surface area contributed by atoms with Gasteiger partial charge in [0.25, 0.3) is 5.91 Å². The number of benzene rings is 1. The van der Waals surface area contributed by atoms with Gasteiger partial charge in [0.15, 0.2) is 0 Å². The van der Waals surface area contributed by atoms with Gasteiger partial charge in [0.05, 0.1) is 0 Å². The molecule has 0 radical (unpaired) electrons. The second-order valence-corrected chi connectivity index (χ2v) is 9.90. The third-order valence-corrected chi connectivity index (χ3v) is 5.58. The predicted molar refractivity (Wildman–Crippen MR) is 139 cm³/mol. The molecule has 1 fully saturated rings. The molecule has 1 aliphatic rings. The van der Waals surface area contributed by atoms with E-state index < -0.39 is 17.6 Å². The predicted octanol–water partition coefficient (Wildman–Crippen LogP) is 4.69. The number of aromatic nitrogens is 1. The molecule has 0 bridgehead atoms. The summed E-state index contributed by atoms with van der Waals surface area (Å²) in [4.78, 5) is 31.2. The first kappa shape index (κ1) is 26.1. The summed E-state index contributed by atoms with van der Waals surface area (Å²) >= 11 is 0. The molecular weight excluding hydrogens is 442 g/mol. The number of hydrogen-bond donors (Lipinski definition) is 3. The third kappa shape index (κ3) is 8.03. The van der Waals surface area contributed by atoms with Gasteiger partial charge < -0.3 is 15.4 Å². The van der Waals surface area contributed by atoms with E-state index in [4.69, 9.17) is 10.1 Å². The molecule has 1 aliphatic heterocycles. The monoisotopic (exact) mass is 477 g/mol. The zero-order valence-corrected chi connectivity index (χ0v) is 21.0. The number of piperidine rings is 1. The first-order chi connectivity index (χ1) is 16.5. The Bertz CT molecular complexity index is 1090. The largest absolute Gasteiger partial charge is 0.444 e. The van der Waals surface area contributed by atoms with Gasteiger partial charge >= 0.3 is 6.09 Å². The molecule has 1 saturated heterocycles. The van der Waals surface area contributed by atoms with Crippen LogP contribution in [-0.2, 0) is 16.1 Å². The van der Waals surface area contributed by atoms with Crippen molar-refractivity contribution in [1.82, 2.24) is 15.2 Å². The topological polar surface area (TPSA) is 107 Å². The maximum atomic E-state index is 12.3. The number of carbonyl (C=O) groups is 2. The van der Waals surface area contributed by atoms with Gasteiger partial charge in [-0.15, -0.1) is 0 Å². The average molecular weight is 478 g/mol. The normalized spacial score (nSPS) is 16.3. The van der Waals surface area contributed by atoms with Crippen molar-refractivity contribution < 1.29 is 14.3 Å². The number of nitrogens with zero attached hydrogens (tertiary/aromatic N) is 2. The Morgan fingerprint density at radius 3 is 2.69 bits per heavy atom. The lowest BCUT2D eigenvalue weighted by atomic mass is 10.0. The van der Waals surface area contributed by atoms with Crippen molar-refractivity contribution in [3.05, 3.63) is 60.4 Å². The number of rotatable bonds is 7. The number of alkyl carbamates (subject to hydrolysis) is 1. The summed E-state index contributed by atoms with van der Waals surface area (Å²) in [5.41, 5.74) is 3.69. The first-order valence-corrected chi connectivity index (χ1v) is 11.8. The molecule has 2 amide bonds. The fourth-order valence-corrected chi connectivity index (χ4v) is 4.00. The van der Waals surface area contributed by atoms with E-state index in [0.717, 1.165) is 41.8 Å². The number of anilines is 1. The van der Waals surface area contributed by atoms with E-state index in [1.165, 1.54) is 6.08 Å². The SMILES string of the molecule is C=CC(=N)C(=O)Nc1cc(CN2CCC[C@H](NC(=O)OC(C)(C)C)C2)cc(-c2ccc(C)nc2)c1. The van der Waals surface area contributed by atoms with E-state index in [2.05, 4.69) is 33.2 Å². The van der Waals surface area contributed by atoms with Gasteiger partial charge in [-0.05, 0) is 88.5 Å². The fraction of sp³-hybridized carbons (Fsp3) is 0.407. The number of ether oxygens (including phenoxy) is 1. The zero-order chi connectivity index (χ0) is 25.6. The Morgan fingerprint density at radius 1 is 1.26 bits per heavy atom. The molecule has 1 atom stereocenters. The molecule has 3 N–H and O–H groups in total. The number of aryl methyl sites for hydroxylation is 1. The van der Waals surface area contributed by atoms with Crippen molar-refractivity contribution in [2.75, 3.05) is 18.4 Å². The van der Waals surface area contributed by atoms with E-state index >= 15 is 0 Å². The van der Waals surface area contributed by atoms with Crippen LogP contribution in [0.3, 0.4) is 0 Å². The van der Waals surface area contributed by atoms with Gasteiger partial charge in [-0.2, -0.15) is 0 Å². The van der Waals surface area contributed by atoms with Crippen LogP contribution in [0.5, 0.6) is 0 Å². The summed E-state index contributed by atoms with van der Waals surface area (Å²) in [6.45, 7) is 13.3. The van der Waals surface area contributed by atoms with Crippen LogP contribution in [0.4, 0.5) is 10.5 Å². The summed E-state index contributed by atoms with van der Waals surface area (Å²) in [6.07, 6.45) is 4.49. The minimum absolute atomic E-state index is 0.00955. The average Bonchev–Trinajstić information content (AvgIpc) is 2.77. The summed E-state index contributed by atoms with van der Waals surface area (Å²) in [5.74, 6) is -0.510. The molecule has 0 saturated carbocycles. The third-order valence-electron chi connectivity index (χ3n) is 5.58. The van der Waals surface area contributed by atoms with Gasteiger partial charge in [-0.25, -0.2) is 4.79 Å². The van der Waals surface area contributed by atoms with Gasteiger partial charge in [0.2, 0.25) is 0 Å². The van der Waals surface area contributed by atoms with Crippen LogP contribution >= 0.6 is 0 Å². The van der Waals surface area contributed by atoms with Crippen molar-refractivity contribution in [3.8, 4) is 11.1 Å². The number of likely N-dealkylation sites (tertiary alicyclic amines) is 1. The highest BCUT2D eigenvalue weighted by molar-refractivity contribution is 6.45. The maximum absolute atomic E-state index is 12.3. The second-order valence-electron chi connectivity index (χ2n) is 9.90. The quantitative estimate of drug-likeness (QED) is 0.502. The van der Waals surface area contributed by atoms with Gasteiger partial charge in [0, 0.05) is 42.3 Å². The Labute approximate surface area is 207 Å². The molecule has 8 nitrogen and oxygen atoms in total. The van der Waals surface area contributed by atoms with Gasteiger partial charge in [-0.1, -0.05) is 12.6 Å². The number of pyridine rings is 1. The number of amides is 2. The molecule has 8 heteroatoms. The van der Waals surface area contributed by atoms with E-state index in [0.29, 0.717) is 18.8 Å². The van der Waals surface area contributed by atoms with Crippen LogP contribution in [0.25, 0.3) is 11.1 Å². The smallest absolute Gasteiger partial charge is 0.407 e. The number of carbonyl (C=O) groups excluding carboxylic acids is 2. The molecule has 2 heterocycles. The minimum atomic E-state index is -0.535. The lowest BCUT2D eigenvalue weighted by molar-refractivity contribution is -0.110. The molecule has 0 aliphatic carbocycles. The number of nitrogens with one attached hydrogen (secondary N) is 3. The Hall–Kier alpha value is -3.52. The molecule has 1 aromatic carbocycles.